The minimum Gasteiger partial charge on any atom is -0.455 e. The number of anilines is 1. The number of sulfonamides is 1. The van der Waals surface area contributed by atoms with Crippen LogP contribution in [0.2, 0.25) is 0 Å². The van der Waals surface area contributed by atoms with Gasteiger partial charge in [-0.05, 0) is 30.3 Å². The number of nitrogens with one attached hydrogen (secondary N) is 2. The molecule has 0 atom stereocenters. The fourth-order valence-electron chi connectivity index (χ4n) is 1.79. The number of para-hydroxylation sites is 1. The highest BCUT2D eigenvalue weighted by molar-refractivity contribution is 9.10. The molecule has 1 amide bonds. The number of hydrogen-bond acceptors (Lipinski definition) is 5. The predicted molar refractivity (Wildman–Crippen MR) is 95.4 cm³/mol. The number of carbonyl (C=O) groups excluding carboxylic acids is 2. The second kappa shape index (κ2) is 8.75. The number of ether oxygens (including phenoxy) is 1. The first-order chi connectivity index (χ1) is 11.9. The predicted octanol–water partition coefficient (Wildman–Crippen LogP) is 1.91. The summed E-state index contributed by atoms with van der Waals surface area (Å²) in [4.78, 5) is 23.3. The van der Waals surface area contributed by atoms with E-state index in [1.54, 1.807) is 42.5 Å². The molecule has 0 aliphatic rings. The number of carbonyl (C=O) groups is 2. The van der Waals surface area contributed by atoms with Crippen molar-refractivity contribution in [1.29, 1.82) is 0 Å². The van der Waals surface area contributed by atoms with Crippen LogP contribution in [0.5, 0.6) is 0 Å². The van der Waals surface area contributed by atoms with E-state index in [2.05, 4.69) is 26.0 Å². The quantitative estimate of drug-likeness (QED) is 0.658. The van der Waals surface area contributed by atoms with Gasteiger partial charge in [0.15, 0.2) is 6.61 Å². The molecule has 9 heteroatoms. The van der Waals surface area contributed by atoms with Gasteiger partial charge >= 0.3 is 5.97 Å². The molecule has 0 unspecified atom stereocenters. The molecule has 2 aromatic carbocycles. The van der Waals surface area contributed by atoms with Gasteiger partial charge in [0.25, 0.3) is 5.91 Å². The van der Waals surface area contributed by atoms with Crippen LogP contribution in [0, 0.1) is 0 Å². The smallest absolute Gasteiger partial charge is 0.321 e. The maximum absolute atomic E-state index is 12.0. The highest BCUT2D eigenvalue weighted by Gasteiger charge is 2.17. The summed E-state index contributed by atoms with van der Waals surface area (Å²) in [5, 5.41) is 2.54. The van der Waals surface area contributed by atoms with Crippen molar-refractivity contribution < 1.29 is 22.7 Å². The zero-order valence-corrected chi connectivity index (χ0v) is 15.3. The number of benzene rings is 2. The Hall–Kier alpha value is -2.23. The lowest BCUT2D eigenvalue weighted by Gasteiger charge is -2.08. The molecule has 0 bridgehead atoms. The molecule has 25 heavy (non-hydrogen) atoms. The third-order valence-electron chi connectivity index (χ3n) is 2.93. The molecule has 0 saturated heterocycles. The summed E-state index contributed by atoms with van der Waals surface area (Å²) in [7, 11) is -3.85. The molecule has 7 nitrogen and oxygen atoms in total. The van der Waals surface area contributed by atoms with Crippen molar-refractivity contribution in [2.24, 2.45) is 0 Å². The largest absolute Gasteiger partial charge is 0.455 e. The lowest BCUT2D eigenvalue weighted by molar-refractivity contribution is -0.146. The highest BCUT2D eigenvalue weighted by atomic mass is 79.9. The van der Waals surface area contributed by atoms with Gasteiger partial charge < -0.3 is 10.1 Å². The summed E-state index contributed by atoms with van der Waals surface area (Å²) >= 11 is 3.17. The fraction of sp³-hybridized carbons (Fsp3) is 0.125. The zero-order chi connectivity index (χ0) is 18.3. The second-order valence-electron chi connectivity index (χ2n) is 4.86. The van der Waals surface area contributed by atoms with Crippen molar-refractivity contribution in [2.45, 2.75) is 4.90 Å². The molecule has 0 aliphatic carbocycles. The molecule has 0 heterocycles. The Morgan fingerprint density at radius 2 is 1.76 bits per heavy atom. The van der Waals surface area contributed by atoms with Crippen LogP contribution in [0.25, 0.3) is 0 Å². The third kappa shape index (κ3) is 6.29. The van der Waals surface area contributed by atoms with Crippen LogP contribution in [0.4, 0.5) is 5.69 Å². The zero-order valence-electron chi connectivity index (χ0n) is 12.9. The first-order valence-electron chi connectivity index (χ1n) is 7.12. The summed E-state index contributed by atoms with van der Waals surface area (Å²) in [5.41, 5.74) is 0.568. The van der Waals surface area contributed by atoms with Crippen LogP contribution in [0.1, 0.15) is 0 Å². The summed E-state index contributed by atoms with van der Waals surface area (Å²) < 4.78 is 31.6. The van der Waals surface area contributed by atoms with Crippen LogP contribution in [-0.4, -0.2) is 33.4 Å². The van der Waals surface area contributed by atoms with E-state index in [1.165, 1.54) is 12.1 Å². The Labute approximate surface area is 153 Å². The Kier molecular flexibility index (Phi) is 6.68. The summed E-state index contributed by atoms with van der Waals surface area (Å²) in [6.07, 6.45) is 0. The van der Waals surface area contributed by atoms with Gasteiger partial charge in [0.05, 0.1) is 4.90 Å². The normalized spacial score (nSPS) is 10.9. The fourth-order valence-corrected chi connectivity index (χ4v) is 3.35. The van der Waals surface area contributed by atoms with Crippen molar-refractivity contribution in [3.8, 4) is 0 Å². The Morgan fingerprint density at radius 3 is 2.44 bits per heavy atom. The van der Waals surface area contributed by atoms with Gasteiger partial charge in [-0.1, -0.05) is 40.2 Å². The van der Waals surface area contributed by atoms with Gasteiger partial charge in [-0.2, -0.15) is 4.72 Å². The van der Waals surface area contributed by atoms with Crippen LogP contribution in [0.15, 0.2) is 64.0 Å². The SMILES string of the molecule is O=C(COC(=O)CNS(=O)(=O)c1cccc(Br)c1)Nc1ccccc1. The van der Waals surface area contributed by atoms with E-state index in [-0.39, 0.29) is 4.90 Å². The molecule has 0 fully saturated rings. The Morgan fingerprint density at radius 1 is 1.04 bits per heavy atom. The number of amides is 1. The number of rotatable bonds is 7. The molecule has 0 aliphatic heterocycles. The highest BCUT2D eigenvalue weighted by Crippen LogP contribution is 2.15. The molecule has 0 saturated carbocycles. The van der Waals surface area contributed by atoms with Crippen molar-refractivity contribution in [2.75, 3.05) is 18.5 Å². The van der Waals surface area contributed by atoms with Gasteiger partial charge in [-0.3, -0.25) is 9.59 Å². The van der Waals surface area contributed by atoms with Gasteiger partial charge in [-0.15, -0.1) is 0 Å². The number of esters is 1. The van der Waals surface area contributed by atoms with E-state index in [1.807, 2.05) is 0 Å². The minimum absolute atomic E-state index is 0.0106. The molecule has 0 radical (unpaired) electrons. The van der Waals surface area contributed by atoms with Gasteiger partial charge in [0.1, 0.15) is 6.54 Å². The first kappa shape index (κ1) is 19.1. The number of hydrogen-bond donors (Lipinski definition) is 2. The summed E-state index contributed by atoms with van der Waals surface area (Å²) in [5.74, 6) is -1.38. The maximum atomic E-state index is 12.0. The average Bonchev–Trinajstić information content (AvgIpc) is 2.59. The summed E-state index contributed by atoms with van der Waals surface area (Å²) in [6, 6.07) is 14.7. The average molecular weight is 427 g/mol. The monoisotopic (exact) mass is 426 g/mol. The van der Waals surface area contributed by atoms with E-state index in [4.69, 9.17) is 4.74 Å². The van der Waals surface area contributed by atoms with Crippen molar-refractivity contribution in [1.82, 2.24) is 4.72 Å². The van der Waals surface area contributed by atoms with E-state index >= 15 is 0 Å². The number of halogens is 1. The summed E-state index contributed by atoms with van der Waals surface area (Å²) in [6.45, 7) is -1.08. The molecule has 0 spiro atoms. The van der Waals surface area contributed by atoms with Gasteiger partial charge in [0.2, 0.25) is 10.0 Å². The van der Waals surface area contributed by atoms with Crippen LogP contribution < -0.4 is 10.0 Å². The molecular formula is C16H15BrN2O5S. The van der Waals surface area contributed by atoms with Crippen LogP contribution in [-0.2, 0) is 24.3 Å². The standard InChI is InChI=1S/C16H15BrN2O5S/c17-12-5-4-8-14(9-12)25(22,23)18-10-16(21)24-11-15(20)19-13-6-2-1-3-7-13/h1-9,18H,10-11H2,(H,19,20). The van der Waals surface area contributed by atoms with Crippen molar-refractivity contribution >= 4 is 43.5 Å². The topological polar surface area (TPSA) is 102 Å². The van der Waals surface area contributed by atoms with Gasteiger partial charge in [0, 0.05) is 10.2 Å². The van der Waals surface area contributed by atoms with E-state index in [9.17, 15) is 18.0 Å². The van der Waals surface area contributed by atoms with Gasteiger partial charge in [-0.25, -0.2) is 8.42 Å². The molecule has 0 aromatic heterocycles. The molecule has 2 aromatic rings. The first-order valence-corrected chi connectivity index (χ1v) is 9.40. The maximum Gasteiger partial charge on any atom is 0.321 e. The lowest BCUT2D eigenvalue weighted by atomic mass is 10.3. The van der Waals surface area contributed by atoms with Crippen LogP contribution in [0.3, 0.4) is 0 Å². The lowest BCUT2D eigenvalue weighted by Crippen LogP contribution is -2.32. The Bertz CT molecular complexity index is 856. The molecule has 132 valence electrons. The molecule has 2 N–H and O–H groups in total. The van der Waals surface area contributed by atoms with Crippen molar-refractivity contribution in [3.63, 3.8) is 0 Å². The van der Waals surface area contributed by atoms with E-state index in [0.29, 0.717) is 10.2 Å². The minimum atomic E-state index is -3.85. The van der Waals surface area contributed by atoms with E-state index < -0.39 is 35.1 Å². The van der Waals surface area contributed by atoms with Crippen molar-refractivity contribution in [3.05, 3.63) is 59.1 Å². The van der Waals surface area contributed by atoms with E-state index in [0.717, 1.165) is 0 Å². The molecular weight excluding hydrogens is 412 g/mol. The Balaban J connectivity index is 1.79. The van der Waals surface area contributed by atoms with Crippen LogP contribution >= 0.6 is 15.9 Å². The second-order valence-corrected chi connectivity index (χ2v) is 7.54. The molecule has 2 rings (SSSR count). The third-order valence-corrected chi connectivity index (χ3v) is 4.83.